The fourth-order valence-corrected chi connectivity index (χ4v) is 2.83. The molecule has 0 saturated carbocycles. The maximum atomic E-state index is 5.20. The number of methoxy groups -OCH3 is 1. The van der Waals surface area contributed by atoms with Gasteiger partial charge in [0.25, 0.3) is 0 Å². The zero-order valence-electron chi connectivity index (χ0n) is 16.0. The van der Waals surface area contributed by atoms with Gasteiger partial charge in [-0.1, -0.05) is 43.0 Å². The second kappa shape index (κ2) is 8.35. The van der Waals surface area contributed by atoms with E-state index in [0.29, 0.717) is 23.9 Å². The first-order valence-corrected chi connectivity index (χ1v) is 9.09. The van der Waals surface area contributed by atoms with Crippen molar-refractivity contribution in [3.05, 3.63) is 84.7 Å². The van der Waals surface area contributed by atoms with E-state index >= 15 is 0 Å². The third-order valence-corrected chi connectivity index (χ3v) is 4.36. The molecule has 0 fully saturated rings. The number of aromatic nitrogens is 5. The molecule has 4 rings (SSSR count). The average molecular weight is 384 g/mol. The number of ether oxygens (including phenoxy) is 1. The van der Waals surface area contributed by atoms with Crippen LogP contribution in [0.3, 0.4) is 0 Å². The molecule has 0 spiro atoms. The number of rotatable bonds is 7. The highest BCUT2D eigenvalue weighted by Gasteiger charge is 2.07. The number of anilines is 1. The Hall–Kier alpha value is -4.00. The average Bonchev–Trinajstić information content (AvgIpc) is 3.24. The number of benzene rings is 1. The Bertz CT molecular complexity index is 1170. The summed E-state index contributed by atoms with van der Waals surface area (Å²) in [5, 5.41) is 10.5. The normalized spacial score (nSPS) is 11.1. The molecule has 1 aromatic carbocycles. The summed E-state index contributed by atoms with van der Waals surface area (Å²) in [6.45, 7) is 4.56. The second-order valence-electron chi connectivity index (χ2n) is 6.32. The van der Waals surface area contributed by atoms with Crippen LogP contribution in [-0.4, -0.2) is 32.3 Å². The van der Waals surface area contributed by atoms with Crippen molar-refractivity contribution < 1.29 is 4.74 Å². The lowest BCUT2D eigenvalue weighted by Crippen LogP contribution is -2.03. The van der Waals surface area contributed by atoms with Crippen molar-refractivity contribution >= 4 is 28.4 Å². The predicted molar refractivity (Wildman–Crippen MR) is 114 cm³/mol. The fourth-order valence-electron chi connectivity index (χ4n) is 2.83. The molecule has 0 unspecified atom stereocenters. The molecule has 7 nitrogen and oxygen atoms in total. The number of allylic oxidation sites excluding steroid dienone is 2. The number of pyridine rings is 2. The van der Waals surface area contributed by atoms with E-state index in [-0.39, 0.29) is 0 Å². The Morgan fingerprint density at radius 3 is 2.90 bits per heavy atom. The van der Waals surface area contributed by atoms with Crippen LogP contribution >= 0.6 is 0 Å². The van der Waals surface area contributed by atoms with E-state index in [0.717, 1.165) is 27.9 Å². The number of aromatic amines is 1. The van der Waals surface area contributed by atoms with E-state index in [1.54, 1.807) is 19.5 Å². The van der Waals surface area contributed by atoms with Gasteiger partial charge in [-0.3, -0.25) is 10.1 Å². The minimum absolute atomic E-state index is 0.479. The van der Waals surface area contributed by atoms with E-state index in [9.17, 15) is 0 Å². The third-order valence-electron chi connectivity index (χ3n) is 4.36. The van der Waals surface area contributed by atoms with E-state index in [1.165, 1.54) is 0 Å². The number of fused-ring (bicyclic) bond motifs is 1. The summed E-state index contributed by atoms with van der Waals surface area (Å²) in [4.78, 5) is 13.3. The van der Waals surface area contributed by atoms with Gasteiger partial charge in [-0.2, -0.15) is 5.10 Å². The molecule has 0 aliphatic heterocycles. The number of H-pyrrole nitrogens is 1. The van der Waals surface area contributed by atoms with Crippen molar-refractivity contribution in [3.63, 3.8) is 0 Å². The molecule has 0 aliphatic carbocycles. The smallest absolute Gasteiger partial charge is 0.174 e. The Labute approximate surface area is 168 Å². The van der Waals surface area contributed by atoms with Crippen LogP contribution in [0.2, 0.25) is 0 Å². The van der Waals surface area contributed by atoms with Gasteiger partial charge >= 0.3 is 0 Å². The predicted octanol–water partition coefficient (Wildman–Crippen LogP) is 4.10. The fraction of sp³-hybridized carbons (Fsp3) is 0.0909. The van der Waals surface area contributed by atoms with Crippen molar-refractivity contribution in [1.29, 1.82) is 0 Å². The Morgan fingerprint density at radius 2 is 2.07 bits per heavy atom. The first-order valence-electron chi connectivity index (χ1n) is 9.09. The van der Waals surface area contributed by atoms with Gasteiger partial charge in [-0.05, 0) is 23.3 Å². The summed E-state index contributed by atoms with van der Waals surface area (Å²) in [6.07, 6.45) is 7.15. The maximum absolute atomic E-state index is 5.20. The van der Waals surface area contributed by atoms with Gasteiger partial charge < -0.3 is 10.1 Å². The van der Waals surface area contributed by atoms with Crippen LogP contribution in [0.4, 0.5) is 5.69 Å². The third kappa shape index (κ3) is 4.30. The molecule has 0 bridgehead atoms. The molecule has 7 heteroatoms. The molecule has 0 amide bonds. The molecule has 2 N–H and O–H groups in total. The minimum Gasteiger partial charge on any atom is -0.495 e. The highest BCUT2D eigenvalue weighted by atomic mass is 16.5. The quantitative estimate of drug-likeness (QED) is 0.467. The molecule has 4 aromatic rings. The van der Waals surface area contributed by atoms with Crippen LogP contribution in [0.25, 0.3) is 22.7 Å². The molecule has 29 heavy (non-hydrogen) atoms. The van der Waals surface area contributed by atoms with E-state index in [2.05, 4.69) is 37.0 Å². The van der Waals surface area contributed by atoms with Gasteiger partial charge in [0.05, 0.1) is 31.1 Å². The van der Waals surface area contributed by atoms with Gasteiger partial charge in [-0.25, -0.2) is 9.97 Å². The molecule has 0 radical (unpaired) electrons. The van der Waals surface area contributed by atoms with Crippen molar-refractivity contribution in [3.8, 4) is 5.75 Å². The standard InChI is InChI=1S/C22H20N6O/c1-15(16-6-4-3-5-7-16)8-9-20-26-21(28-27-20)14-24-18-10-11-23-19-12-17(29-2)13-25-22(18)19/h3-13H,1,14H2,2H3,(H,23,24)(H,26,27,28)/b9-8-. The summed E-state index contributed by atoms with van der Waals surface area (Å²) in [6, 6.07) is 13.7. The van der Waals surface area contributed by atoms with Crippen molar-refractivity contribution in [1.82, 2.24) is 25.1 Å². The number of nitrogens with zero attached hydrogens (tertiary/aromatic N) is 4. The van der Waals surface area contributed by atoms with E-state index in [1.807, 2.05) is 54.6 Å². The van der Waals surface area contributed by atoms with Crippen LogP contribution in [-0.2, 0) is 6.54 Å². The molecule has 3 heterocycles. The first kappa shape index (κ1) is 18.4. The number of hydrogen-bond acceptors (Lipinski definition) is 6. The van der Waals surface area contributed by atoms with E-state index in [4.69, 9.17) is 4.74 Å². The minimum atomic E-state index is 0.479. The zero-order valence-corrected chi connectivity index (χ0v) is 16.0. The summed E-state index contributed by atoms with van der Waals surface area (Å²) >= 11 is 0. The zero-order chi connectivity index (χ0) is 20.1. The Morgan fingerprint density at radius 1 is 1.21 bits per heavy atom. The van der Waals surface area contributed by atoms with Crippen LogP contribution in [0.1, 0.15) is 17.2 Å². The lowest BCUT2D eigenvalue weighted by Gasteiger charge is -2.08. The maximum Gasteiger partial charge on any atom is 0.174 e. The van der Waals surface area contributed by atoms with Crippen LogP contribution in [0.15, 0.2) is 67.5 Å². The van der Waals surface area contributed by atoms with Crippen LogP contribution in [0.5, 0.6) is 5.75 Å². The van der Waals surface area contributed by atoms with Crippen LogP contribution in [0, 0.1) is 0 Å². The highest BCUT2D eigenvalue weighted by molar-refractivity contribution is 5.87. The monoisotopic (exact) mass is 384 g/mol. The van der Waals surface area contributed by atoms with Crippen LogP contribution < -0.4 is 10.1 Å². The van der Waals surface area contributed by atoms with Gasteiger partial charge in [0, 0.05) is 12.3 Å². The van der Waals surface area contributed by atoms with Crippen molar-refractivity contribution in [2.75, 3.05) is 12.4 Å². The molecule has 0 atom stereocenters. The Kier molecular flexibility index (Phi) is 5.29. The molecular weight excluding hydrogens is 364 g/mol. The molecule has 144 valence electrons. The molecule has 3 aromatic heterocycles. The first-order chi connectivity index (χ1) is 14.2. The van der Waals surface area contributed by atoms with Gasteiger partial charge in [-0.15, -0.1) is 0 Å². The topological polar surface area (TPSA) is 88.6 Å². The van der Waals surface area contributed by atoms with Crippen molar-refractivity contribution in [2.24, 2.45) is 0 Å². The SMILES string of the molecule is C=C(/C=C\c1n[nH]c(CNc2ccnc3cc(OC)cnc23)n1)c1ccccc1. The Balaban J connectivity index is 1.43. The summed E-state index contributed by atoms with van der Waals surface area (Å²) < 4.78 is 5.20. The van der Waals surface area contributed by atoms with Gasteiger partial charge in [0.1, 0.15) is 17.1 Å². The number of nitrogens with one attached hydrogen (secondary N) is 2. The lowest BCUT2D eigenvalue weighted by molar-refractivity contribution is 0.413. The second-order valence-corrected chi connectivity index (χ2v) is 6.32. The van der Waals surface area contributed by atoms with E-state index < -0.39 is 0 Å². The summed E-state index contributed by atoms with van der Waals surface area (Å²) in [7, 11) is 1.61. The molecule has 0 aliphatic rings. The largest absolute Gasteiger partial charge is 0.495 e. The summed E-state index contributed by atoms with van der Waals surface area (Å²) in [5.41, 5.74) is 4.36. The van der Waals surface area contributed by atoms with Gasteiger partial charge in [0.15, 0.2) is 5.82 Å². The number of hydrogen-bond donors (Lipinski definition) is 2. The molecular formula is C22H20N6O. The summed E-state index contributed by atoms with van der Waals surface area (Å²) in [5.74, 6) is 1.99. The lowest BCUT2D eigenvalue weighted by atomic mass is 10.1. The molecule has 0 saturated heterocycles. The van der Waals surface area contributed by atoms with Gasteiger partial charge in [0.2, 0.25) is 0 Å². The van der Waals surface area contributed by atoms with Crippen molar-refractivity contribution in [2.45, 2.75) is 6.54 Å². The highest BCUT2D eigenvalue weighted by Crippen LogP contribution is 2.23.